The summed E-state index contributed by atoms with van der Waals surface area (Å²) in [5, 5.41) is 0. The molecule has 0 saturated heterocycles. The minimum Gasteiger partial charge on any atom is -0.382 e. The number of hydrogen-bond donors (Lipinski definition) is 5. The number of ether oxygens (including phenoxy) is 1. The first-order valence-corrected chi connectivity index (χ1v) is 12.1. The second-order valence-electron chi connectivity index (χ2n) is 5.07. The molecule has 2 atom stereocenters. The van der Waals surface area contributed by atoms with Crippen LogP contribution >= 0.6 is 22.8 Å². The lowest BCUT2D eigenvalue weighted by atomic mass is 10.5. The van der Waals surface area contributed by atoms with E-state index in [0.717, 1.165) is 0 Å². The quantitative estimate of drug-likeness (QED) is 0.259. The average molecular weight is 431 g/mol. The van der Waals surface area contributed by atoms with Gasteiger partial charge in [-0.2, -0.15) is 0 Å². The Kier molecular flexibility index (Phi) is 6.34. The average Bonchev–Trinajstić information content (AvgIpc) is 2.84. The van der Waals surface area contributed by atoms with Crippen molar-refractivity contribution in [3.8, 4) is 0 Å². The van der Waals surface area contributed by atoms with Gasteiger partial charge in [0.05, 0.1) is 12.9 Å². The van der Waals surface area contributed by atoms with Gasteiger partial charge in [0.25, 0.3) is 0 Å². The van der Waals surface area contributed by atoms with E-state index in [1.165, 1.54) is 12.7 Å². The first-order chi connectivity index (χ1) is 11.9. The third-order valence-electron chi connectivity index (χ3n) is 2.78. The maximum Gasteiger partial charge on any atom is 0.360 e. The molecule has 2 aromatic rings. The number of anilines is 1. The van der Waals surface area contributed by atoms with Gasteiger partial charge in [-0.15, -0.1) is 0 Å². The molecule has 0 aromatic carbocycles. The fourth-order valence-corrected chi connectivity index (χ4v) is 6.56. The van der Waals surface area contributed by atoms with Crippen LogP contribution in [0.5, 0.6) is 0 Å². The van der Waals surface area contributed by atoms with Crippen LogP contribution in [0, 0.1) is 0 Å². The van der Waals surface area contributed by atoms with E-state index in [2.05, 4.69) is 19.3 Å². The van der Waals surface area contributed by atoms with Crippen molar-refractivity contribution in [3.63, 3.8) is 0 Å². The Balaban J connectivity index is 1.88. The van der Waals surface area contributed by atoms with Crippen molar-refractivity contribution in [1.82, 2.24) is 19.5 Å². The molecule has 0 amide bonds. The van der Waals surface area contributed by atoms with Crippen molar-refractivity contribution in [2.75, 3.05) is 24.6 Å². The molecule has 14 nitrogen and oxygen atoms in total. The van der Waals surface area contributed by atoms with Crippen LogP contribution in [0.15, 0.2) is 12.7 Å². The Bertz CT molecular complexity index is 927. The molecule has 2 aromatic heterocycles. The summed E-state index contributed by atoms with van der Waals surface area (Å²) in [6.45, 7) is 0.0454. The number of nitrogen functional groups attached to an aromatic ring is 1. The first-order valence-electron chi connectivity index (χ1n) is 6.77. The zero-order chi connectivity index (χ0) is 19.6. The SMILES string of the molecule is Nc1ncnc2c1ncn2CCOCP(=O)(O)OP(=O)(O)CP(=O)(O)O. The zero-order valence-electron chi connectivity index (χ0n) is 13.0. The molecule has 0 saturated carbocycles. The van der Waals surface area contributed by atoms with Crippen molar-refractivity contribution < 1.29 is 42.3 Å². The normalized spacial score (nSPS) is 17.1. The topological polar surface area (TPSA) is 220 Å². The highest BCUT2D eigenvalue weighted by molar-refractivity contribution is 7.74. The summed E-state index contributed by atoms with van der Waals surface area (Å²) in [4.78, 5) is 47.8. The molecule has 2 rings (SSSR count). The van der Waals surface area contributed by atoms with Crippen molar-refractivity contribution in [2.24, 2.45) is 0 Å². The minimum atomic E-state index is -4.97. The maximum atomic E-state index is 11.7. The summed E-state index contributed by atoms with van der Waals surface area (Å²) in [7, 11) is -14.6. The second-order valence-corrected chi connectivity index (χ2v) is 11.0. The highest BCUT2D eigenvalue weighted by atomic mass is 31.3. The number of aromatic nitrogens is 4. The van der Waals surface area contributed by atoms with Crippen LogP contribution in [-0.2, 0) is 29.3 Å². The van der Waals surface area contributed by atoms with Crippen LogP contribution in [-0.4, -0.2) is 58.0 Å². The van der Waals surface area contributed by atoms with Crippen molar-refractivity contribution in [2.45, 2.75) is 6.54 Å². The predicted molar refractivity (Wildman–Crippen MR) is 88.2 cm³/mol. The smallest absolute Gasteiger partial charge is 0.360 e. The summed E-state index contributed by atoms with van der Waals surface area (Å²) in [6.07, 6.45) is 1.70. The molecule has 146 valence electrons. The highest BCUT2D eigenvalue weighted by Crippen LogP contribution is 2.64. The number of imidazole rings is 1. The first kappa shape index (κ1) is 21.1. The van der Waals surface area contributed by atoms with E-state index >= 15 is 0 Å². The molecule has 0 aliphatic rings. The molecule has 0 fully saturated rings. The molecule has 26 heavy (non-hydrogen) atoms. The summed E-state index contributed by atoms with van der Waals surface area (Å²) in [5.74, 6) is -1.39. The lowest BCUT2D eigenvalue weighted by molar-refractivity contribution is 0.149. The summed E-state index contributed by atoms with van der Waals surface area (Å²) >= 11 is 0. The molecular formula is C9H16N5O9P3. The second kappa shape index (κ2) is 7.81. The third-order valence-corrected chi connectivity index (χ3v) is 8.23. The highest BCUT2D eigenvalue weighted by Gasteiger charge is 2.38. The molecule has 6 N–H and O–H groups in total. The number of rotatable bonds is 9. The van der Waals surface area contributed by atoms with Crippen molar-refractivity contribution in [1.29, 1.82) is 0 Å². The molecule has 0 spiro atoms. The van der Waals surface area contributed by atoms with Crippen LogP contribution < -0.4 is 5.73 Å². The fraction of sp³-hybridized carbons (Fsp3) is 0.444. The van der Waals surface area contributed by atoms with Crippen LogP contribution in [0.25, 0.3) is 11.2 Å². The third kappa shape index (κ3) is 6.20. The van der Waals surface area contributed by atoms with E-state index < -0.39 is 35.0 Å². The number of nitrogens with two attached hydrogens (primary N) is 1. The molecule has 17 heteroatoms. The van der Waals surface area contributed by atoms with E-state index in [9.17, 15) is 23.5 Å². The molecule has 2 heterocycles. The molecule has 0 radical (unpaired) electrons. The molecular weight excluding hydrogens is 415 g/mol. The van der Waals surface area contributed by atoms with E-state index in [0.29, 0.717) is 11.2 Å². The standard InChI is InChI=1S/C9H16N5O9P3/c10-8-7-9(12-3-11-8)14(4-13-7)1-2-22-5-25(18,19)23-26(20,21)6-24(15,16)17/h3-4H,1-2,5-6H2,(H,18,19)(H,20,21)(H2,10,11,12)(H2,15,16,17). The van der Waals surface area contributed by atoms with Gasteiger partial charge in [-0.05, 0) is 0 Å². The van der Waals surface area contributed by atoms with Gasteiger partial charge in [0.2, 0.25) is 0 Å². The lowest BCUT2D eigenvalue weighted by Crippen LogP contribution is -2.08. The zero-order valence-corrected chi connectivity index (χ0v) is 15.7. The largest absolute Gasteiger partial charge is 0.382 e. The Labute approximate surface area is 146 Å². The van der Waals surface area contributed by atoms with Gasteiger partial charge in [-0.3, -0.25) is 13.7 Å². The summed E-state index contributed by atoms with van der Waals surface area (Å²) in [5.41, 5.74) is 6.43. The van der Waals surface area contributed by atoms with Gasteiger partial charge in [0.15, 0.2) is 17.4 Å². The lowest BCUT2D eigenvalue weighted by Gasteiger charge is -2.17. The van der Waals surface area contributed by atoms with Gasteiger partial charge in [-0.25, -0.2) is 19.3 Å². The molecule has 2 unspecified atom stereocenters. The minimum absolute atomic E-state index is 0.114. The number of nitrogens with zero attached hydrogens (tertiary/aromatic N) is 4. The maximum absolute atomic E-state index is 11.7. The van der Waals surface area contributed by atoms with Gasteiger partial charge in [0.1, 0.15) is 18.2 Å². The van der Waals surface area contributed by atoms with Gasteiger partial charge >= 0.3 is 22.8 Å². The Morgan fingerprint density at radius 2 is 1.77 bits per heavy atom. The van der Waals surface area contributed by atoms with E-state index in [1.54, 1.807) is 4.57 Å². The molecule has 0 bridgehead atoms. The number of hydrogen-bond acceptors (Lipinski definition) is 9. The van der Waals surface area contributed by atoms with Crippen LogP contribution in [0.3, 0.4) is 0 Å². The number of fused-ring (bicyclic) bond motifs is 1. The van der Waals surface area contributed by atoms with Crippen LogP contribution in [0.4, 0.5) is 5.82 Å². The summed E-state index contributed by atoms with van der Waals surface area (Å²) < 4.78 is 44.4. The van der Waals surface area contributed by atoms with Crippen molar-refractivity contribution >= 4 is 39.8 Å². The van der Waals surface area contributed by atoms with Gasteiger partial charge in [-0.1, -0.05) is 0 Å². The van der Waals surface area contributed by atoms with Crippen molar-refractivity contribution in [3.05, 3.63) is 12.7 Å². The van der Waals surface area contributed by atoms with Gasteiger partial charge in [0, 0.05) is 6.54 Å². The van der Waals surface area contributed by atoms with Crippen LogP contribution in [0.2, 0.25) is 0 Å². The van der Waals surface area contributed by atoms with Crippen LogP contribution in [0.1, 0.15) is 0 Å². The fourth-order valence-electron chi connectivity index (χ4n) is 1.89. The molecule has 0 aliphatic carbocycles. The van der Waals surface area contributed by atoms with E-state index in [-0.39, 0.29) is 19.0 Å². The summed E-state index contributed by atoms with van der Waals surface area (Å²) in [6, 6.07) is 0. The Morgan fingerprint density at radius 3 is 2.42 bits per heavy atom. The van der Waals surface area contributed by atoms with E-state index in [4.69, 9.17) is 20.3 Å². The Morgan fingerprint density at radius 1 is 1.08 bits per heavy atom. The van der Waals surface area contributed by atoms with E-state index in [1.807, 2.05) is 0 Å². The van der Waals surface area contributed by atoms with Gasteiger partial charge < -0.3 is 34.6 Å². The monoisotopic (exact) mass is 431 g/mol. The predicted octanol–water partition coefficient (Wildman–Crippen LogP) is -0.0948. The molecule has 0 aliphatic heterocycles. The Hall–Kier alpha value is -1.20.